The summed E-state index contributed by atoms with van der Waals surface area (Å²) in [5.41, 5.74) is 8.93. The first-order valence-electron chi connectivity index (χ1n) is 7.15. The van der Waals surface area contributed by atoms with Gasteiger partial charge in [-0.15, -0.1) is 0 Å². The zero-order chi connectivity index (χ0) is 14.0. The van der Waals surface area contributed by atoms with Gasteiger partial charge in [0.1, 0.15) is 5.75 Å². The van der Waals surface area contributed by atoms with E-state index in [0.717, 1.165) is 18.6 Å². The van der Waals surface area contributed by atoms with Gasteiger partial charge < -0.3 is 10.5 Å². The number of aryl methyl sites for hydroxylation is 1. The molecule has 2 N–H and O–H groups in total. The van der Waals surface area contributed by atoms with E-state index >= 15 is 0 Å². The second-order valence-corrected chi connectivity index (χ2v) is 5.82. The van der Waals surface area contributed by atoms with E-state index in [1.807, 2.05) is 0 Å². The second-order valence-electron chi connectivity index (χ2n) is 5.82. The molecular formula is C16H26N2O. The molecule has 1 aliphatic rings. The van der Waals surface area contributed by atoms with E-state index < -0.39 is 0 Å². The van der Waals surface area contributed by atoms with Gasteiger partial charge in [0.05, 0.1) is 12.6 Å². The van der Waals surface area contributed by atoms with Gasteiger partial charge in [-0.2, -0.15) is 0 Å². The molecule has 0 aromatic heterocycles. The van der Waals surface area contributed by atoms with E-state index in [1.165, 1.54) is 17.5 Å². The fourth-order valence-electron chi connectivity index (χ4n) is 3.26. The Hall–Kier alpha value is -1.06. The predicted octanol–water partition coefficient (Wildman–Crippen LogP) is 2.53. The fraction of sp³-hybridized carbons (Fsp3) is 0.625. The zero-order valence-corrected chi connectivity index (χ0v) is 12.6. The van der Waals surface area contributed by atoms with Gasteiger partial charge >= 0.3 is 0 Å². The Balaban J connectivity index is 2.54. The number of fused-ring (bicyclic) bond motifs is 1. The van der Waals surface area contributed by atoms with Crippen LogP contribution in [0.5, 0.6) is 5.75 Å². The van der Waals surface area contributed by atoms with Crippen molar-refractivity contribution in [1.29, 1.82) is 0 Å². The van der Waals surface area contributed by atoms with Crippen molar-refractivity contribution in [3.05, 3.63) is 29.3 Å². The van der Waals surface area contributed by atoms with E-state index in [-0.39, 0.29) is 5.54 Å². The molecule has 1 aliphatic carbocycles. The molecule has 0 radical (unpaired) electrons. The van der Waals surface area contributed by atoms with Crippen LogP contribution in [0.1, 0.15) is 37.8 Å². The number of ether oxygens (including phenoxy) is 1. The molecule has 1 atom stereocenters. The molecule has 106 valence electrons. The fourth-order valence-corrected chi connectivity index (χ4v) is 3.26. The summed E-state index contributed by atoms with van der Waals surface area (Å²) in [5, 5.41) is 0. The lowest BCUT2D eigenvalue weighted by Gasteiger charge is -2.47. The van der Waals surface area contributed by atoms with Crippen LogP contribution >= 0.6 is 0 Å². The van der Waals surface area contributed by atoms with Crippen molar-refractivity contribution in [2.75, 3.05) is 20.7 Å². The summed E-state index contributed by atoms with van der Waals surface area (Å²) in [5.74, 6) is 0.927. The smallest absolute Gasteiger partial charge is 0.119 e. The Kier molecular flexibility index (Phi) is 4.16. The number of nitrogens with zero attached hydrogens (tertiary/aromatic N) is 1. The zero-order valence-electron chi connectivity index (χ0n) is 12.6. The molecule has 1 unspecified atom stereocenters. The molecule has 3 nitrogen and oxygen atoms in total. The lowest BCUT2D eigenvalue weighted by molar-refractivity contribution is 0.0725. The third-order valence-electron chi connectivity index (χ3n) is 4.64. The minimum Gasteiger partial charge on any atom is -0.497 e. The summed E-state index contributed by atoms with van der Waals surface area (Å²) < 4.78 is 5.40. The first-order chi connectivity index (χ1) is 9.05. The number of nitrogens with two attached hydrogens (primary N) is 1. The van der Waals surface area contributed by atoms with Gasteiger partial charge in [-0.05, 0) is 63.4 Å². The van der Waals surface area contributed by atoms with Crippen LogP contribution in [0, 0.1) is 0 Å². The van der Waals surface area contributed by atoms with Crippen molar-refractivity contribution in [3.8, 4) is 5.75 Å². The van der Waals surface area contributed by atoms with Crippen molar-refractivity contribution >= 4 is 0 Å². The Morgan fingerprint density at radius 1 is 1.42 bits per heavy atom. The summed E-state index contributed by atoms with van der Waals surface area (Å²) >= 11 is 0. The summed E-state index contributed by atoms with van der Waals surface area (Å²) in [6, 6.07) is 6.91. The molecule has 3 heteroatoms. The predicted molar refractivity (Wildman–Crippen MR) is 79.6 cm³/mol. The number of hydrogen-bond donors (Lipinski definition) is 1. The molecule has 2 rings (SSSR count). The number of rotatable bonds is 4. The third kappa shape index (κ3) is 2.37. The van der Waals surface area contributed by atoms with Crippen LogP contribution in [0.15, 0.2) is 18.2 Å². The maximum Gasteiger partial charge on any atom is 0.119 e. The van der Waals surface area contributed by atoms with Crippen LogP contribution in [0.4, 0.5) is 0 Å². The molecule has 1 aromatic rings. The molecule has 0 aliphatic heterocycles. The van der Waals surface area contributed by atoms with Crippen LogP contribution in [0.2, 0.25) is 0 Å². The van der Waals surface area contributed by atoms with Crippen molar-refractivity contribution in [2.45, 2.75) is 44.7 Å². The molecule has 0 fully saturated rings. The van der Waals surface area contributed by atoms with Gasteiger partial charge in [-0.3, -0.25) is 4.90 Å². The molecule has 0 bridgehead atoms. The van der Waals surface area contributed by atoms with Gasteiger partial charge in [-0.1, -0.05) is 6.07 Å². The summed E-state index contributed by atoms with van der Waals surface area (Å²) in [6.45, 7) is 5.11. The van der Waals surface area contributed by atoms with Crippen LogP contribution in [-0.2, 0) is 12.0 Å². The highest BCUT2D eigenvalue weighted by atomic mass is 16.5. The van der Waals surface area contributed by atoms with Crippen LogP contribution in [0.25, 0.3) is 0 Å². The summed E-state index contributed by atoms with van der Waals surface area (Å²) in [6.07, 6.45) is 3.47. The average molecular weight is 262 g/mol. The van der Waals surface area contributed by atoms with Gasteiger partial charge in [0, 0.05) is 12.6 Å². The molecule has 0 heterocycles. The second kappa shape index (κ2) is 5.51. The first kappa shape index (κ1) is 14.4. The topological polar surface area (TPSA) is 38.5 Å². The molecular weight excluding hydrogens is 236 g/mol. The standard InChI is InChI=1S/C16H26N2O/c1-12(2)18(3)16(11-17)9-5-6-13-7-8-14(19-4)10-15(13)16/h7-8,10,12H,5-6,9,11,17H2,1-4H3. The lowest BCUT2D eigenvalue weighted by atomic mass is 9.75. The minimum absolute atomic E-state index is 0.0453. The van der Waals surface area contributed by atoms with Crippen LogP contribution in [0.3, 0.4) is 0 Å². The van der Waals surface area contributed by atoms with Crippen molar-refractivity contribution in [3.63, 3.8) is 0 Å². The van der Waals surface area contributed by atoms with Crippen molar-refractivity contribution < 1.29 is 4.74 Å². The maximum absolute atomic E-state index is 6.20. The SMILES string of the molecule is COc1ccc2c(c1)C(CN)(N(C)C(C)C)CCC2. The summed E-state index contributed by atoms with van der Waals surface area (Å²) in [7, 11) is 3.91. The molecule has 0 saturated carbocycles. The van der Waals surface area contributed by atoms with Gasteiger partial charge in [0.2, 0.25) is 0 Å². The van der Waals surface area contributed by atoms with Crippen molar-refractivity contribution in [2.24, 2.45) is 5.73 Å². The highest BCUT2D eigenvalue weighted by Gasteiger charge is 2.40. The lowest BCUT2D eigenvalue weighted by Crippen LogP contribution is -2.53. The number of methoxy groups -OCH3 is 1. The van der Waals surface area contributed by atoms with E-state index in [4.69, 9.17) is 10.5 Å². The number of benzene rings is 1. The van der Waals surface area contributed by atoms with Crippen LogP contribution < -0.4 is 10.5 Å². The Morgan fingerprint density at radius 2 is 2.16 bits per heavy atom. The molecule has 1 aromatic carbocycles. The van der Waals surface area contributed by atoms with Gasteiger partial charge in [0.15, 0.2) is 0 Å². The Morgan fingerprint density at radius 3 is 2.74 bits per heavy atom. The number of hydrogen-bond acceptors (Lipinski definition) is 3. The Labute approximate surface area is 116 Å². The van der Waals surface area contributed by atoms with Gasteiger partial charge in [0.25, 0.3) is 0 Å². The van der Waals surface area contributed by atoms with E-state index in [0.29, 0.717) is 12.6 Å². The van der Waals surface area contributed by atoms with E-state index in [1.54, 1.807) is 7.11 Å². The highest BCUT2D eigenvalue weighted by molar-refractivity contribution is 5.42. The average Bonchev–Trinajstić information content (AvgIpc) is 2.45. The monoisotopic (exact) mass is 262 g/mol. The largest absolute Gasteiger partial charge is 0.497 e. The molecule has 0 spiro atoms. The molecule has 0 amide bonds. The molecule has 0 saturated heterocycles. The summed E-state index contributed by atoms with van der Waals surface area (Å²) in [4.78, 5) is 2.42. The van der Waals surface area contributed by atoms with Crippen molar-refractivity contribution in [1.82, 2.24) is 4.90 Å². The van der Waals surface area contributed by atoms with E-state index in [2.05, 4.69) is 44.0 Å². The Bertz CT molecular complexity index is 444. The third-order valence-corrected chi connectivity index (χ3v) is 4.64. The van der Waals surface area contributed by atoms with E-state index in [9.17, 15) is 0 Å². The highest BCUT2D eigenvalue weighted by Crippen LogP contribution is 2.41. The first-order valence-corrected chi connectivity index (χ1v) is 7.15. The quantitative estimate of drug-likeness (QED) is 0.906. The molecule has 19 heavy (non-hydrogen) atoms. The minimum atomic E-state index is -0.0453. The normalized spacial score (nSPS) is 22.7. The maximum atomic E-state index is 6.20. The van der Waals surface area contributed by atoms with Gasteiger partial charge in [-0.25, -0.2) is 0 Å². The number of likely N-dealkylation sites (N-methyl/N-ethyl adjacent to an activating group) is 1. The van der Waals surface area contributed by atoms with Crippen LogP contribution in [-0.4, -0.2) is 31.6 Å².